The fourth-order valence-corrected chi connectivity index (χ4v) is 10.6. The van der Waals surface area contributed by atoms with Gasteiger partial charge in [0.2, 0.25) is 5.12 Å². The highest BCUT2D eigenvalue weighted by molar-refractivity contribution is 8.14. The Bertz CT molecular complexity index is 748. The Hall–Kier alpha value is 0.0500. The third kappa shape index (κ3) is 5.89. The summed E-state index contributed by atoms with van der Waals surface area (Å²) in [5.74, 6) is 3.69. The van der Waals surface area contributed by atoms with Crippen molar-refractivity contribution in [1.82, 2.24) is 0 Å². The first kappa shape index (κ1) is 28.1. The Morgan fingerprint density at radius 1 is 1.00 bits per heavy atom. The van der Waals surface area contributed by atoms with Crippen LogP contribution in [0, 0.1) is 34.5 Å². The monoisotopic (exact) mass is 520 g/mol. The molecular formula is C32H53ClOS. The molecule has 3 heteroatoms. The number of halogens is 1. The molecule has 0 saturated heterocycles. The molecule has 4 aliphatic carbocycles. The van der Waals surface area contributed by atoms with Crippen LogP contribution in [0.2, 0.25) is 0 Å². The maximum Gasteiger partial charge on any atom is 0.207 e. The van der Waals surface area contributed by atoms with E-state index in [2.05, 4.69) is 33.8 Å². The molecule has 4 aliphatic rings. The number of unbranched alkanes of at least 4 members (excludes halogenated alkanes) is 5. The summed E-state index contributed by atoms with van der Waals surface area (Å²) in [5.41, 5.74) is 2.67. The van der Waals surface area contributed by atoms with Gasteiger partial charge in [0, 0.05) is 5.25 Å². The first-order valence-electron chi connectivity index (χ1n) is 15.4. The molecule has 0 N–H and O–H groups in total. The lowest BCUT2D eigenvalue weighted by Gasteiger charge is -2.58. The second-order valence-corrected chi connectivity index (χ2v) is 15.0. The number of alkyl halides is 1. The lowest BCUT2D eigenvalue weighted by atomic mass is 9.47. The summed E-state index contributed by atoms with van der Waals surface area (Å²) in [7, 11) is 0. The highest BCUT2D eigenvalue weighted by Crippen LogP contribution is 2.67. The van der Waals surface area contributed by atoms with Gasteiger partial charge in [0.05, 0.1) is 0 Å². The zero-order valence-electron chi connectivity index (χ0n) is 23.3. The average molecular weight is 521 g/mol. The van der Waals surface area contributed by atoms with Gasteiger partial charge >= 0.3 is 0 Å². The summed E-state index contributed by atoms with van der Waals surface area (Å²) in [4.78, 5) is 12.6. The molecule has 4 rings (SSSR count). The van der Waals surface area contributed by atoms with E-state index < -0.39 is 0 Å². The van der Waals surface area contributed by atoms with Gasteiger partial charge in [0.15, 0.2) is 0 Å². The van der Waals surface area contributed by atoms with E-state index in [9.17, 15) is 4.79 Å². The van der Waals surface area contributed by atoms with Crippen LogP contribution in [0.5, 0.6) is 0 Å². The predicted octanol–water partition coefficient (Wildman–Crippen LogP) is 10.4. The highest BCUT2D eigenvalue weighted by Gasteiger charge is 2.58. The molecule has 0 spiro atoms. The van der Waals surface area contributed by atoms with Crippen LogP contribution in [-0.4, -0.2) is 15.7 Å². The number of hydrogen-bond acceptors (Lipinski definition) is 2. The molecule has 0 heterocycles. The molecule has 3 fully saturated rings. The number of thioether (sulfide) groups is 1. The van der Waals surface area contributed by atoms with Gasteiger partial charge in [-0.2, -0.15) is 0 Å². The van der Waals surface area contributed by atoms with Gasteiger partial charge in [0.1, 0.15) is 5.38 Å². The molecule has 0 unspecified atom stereocenters. The smallest absolute Gasteiger partial charge is 0.207 e. The van der Waals surface area contributed by atoms with Crippen LogP contribution >= 0.6 is 23.4 Å². The predicted molar refractivity (Wildman–Crippen MR) is 154 cm³/mol. The van der Waals surface area contributed by atoms with Crippen molar-refractivity contribution >= 4 is 28.5 Å². The van der Waals surface area contributed by atoms with Crippen LogP contribution in [0.15, 0.2) is 11.6 Å². The summed E-state index contributed by atoms with van der Waals surface area (Å²) < 4.78 is 0. The van der Waals surface area contributed by atoms with Gasteiger partial charge in [-0.25, -0.2) is 0 Å². The number of fused-ring (bicyclic) bond motifs is 5. The molecule has 0 amide bonds. The lowest BCUT2D eigenvalue weighted by Crippen LogP contribution is -2.50. The van der Waals surface area contributed by atoms with E-state index in [-0.39, 0.29) is 10.5 Å². The fraction of sp³-hybridized carbons (Fsp3) is 0.906. The Morgan fingerprint density at radius 2 is 1.77 bits per heavy atom. The maximum absolute atomic E-state index is 12.6. The second kappa shape index (κ2) is 12.3. The van der Waals surface area contributed by atoms with Crippen molar-refractivity contribution in [2.45, 2.75) is 147 Å². The Kier molecular flexibility index (Phi) is 9.84. The molecule has 1 nitrogen and oxygen atoms in total. The standard InChI is InChI=1S/C32H53ClOS/c1-5-7-8-9-10-11-13-23-15-17-27-26-16-14-24-22-25(35-30(34)29(33)12-6-2)18-20-32(24,4)28(26)19-21-31(23,27)3/h14,23,25-29H,5-13,15-22H2,1-4H3/t23-,25+,26+,27-,28-,29-,31-,32+/m1/s1. The zero-order valence-corrected chi connectivity index (χ0v) is 24.8. The van der Waals surface area contributed by atoms with Crippen molar-refractivity contribution in [2.75, 3.05) is 0 Å². The molecule has 0 aromatic heterocycles. The molecular weight excluding hydrogens is 468 g/mol. The number of carbonyl (C=O) groups is 1. The van der Waals surface area contributed by atoms with Gasteiger partial charge in [0.25, 0.3) is 0 Å². The van der Waals surface area contributed by atoms with E-state index in [1.165, 1.54) is 89.9 Å². The van der Waals surface area contributed by atoms with E-state index in [0.29, 0.717) is 16.1 Å². The minimum Gasteiger partial charge on any atom is -0.286 e. The first-order valence-corrected chi connectivity index (χ1v) is 16.7. The lowest BCUT2D eigenvalue weighted by molar-refractivity contribution is -0.110. The third-order valence-electron chi connectivity index (χ3n) is 11.2. The minimum atomic E-state index is -0.300. The van der Waals surface area contributed by atoms with Gasteiger partial charge in [-0.1, -0.05) is 96.1 Å². The summed E-state index contributed by atoms with van der Waals surface area (Å²) in [6.07, 6.45) is 25.3. The fourth-order valence-electron chi connectivity index (χ4n) is 9.09. The molecule has 0 radical (unpaired) electrons. The minimum absolute atomic E-state index is 0.215. The van der Waals surface area contributed by atoms with Gasteiger partial charge in [-0.05, 0) is 98.7 Å². The topological polar surface area (TPSA) is 17.1 Å². The molecule has 0 bridgehead atoms. The molecule has 0 aromatic carbocycles. The number of carbonyl (C=O) groups excluding carboxylic acids is 1. The van der Waals surface area contributed by atoms with E-state index in [4.69, 9.17) is 11.6 Å². The van der Waals surface area contributed by atoms with Gasteiger partial charge < -0.3 is 0 Å². The molecule has 200 valence electrons. The molecule has 0 aromatic rings. The molecule has 35 heavy (non-hydrogen) atoms. The first-order chi connectivity index (χ1) is 16.8. The molecule has 8 atom stereocenters. The van der Waals surface area contributed by atoms with Crippen molar-refractivity contribution in [3.05, 3.63) is 11.6 Å². The van der Waals surface area contributed by atoms with E-state index in [1.807, 2.05) is 0 Å². The van der Waals surface area contributed by atoms with Crippen molar-refractivity contribution in [3.63, 3.8) is 0 Å². The second-order valence-electron chi connectivity index (χ2n) is 13.2. The molecule has 0 aliphatic heterocycles. The van der Waals surface area contributed by atoms with Crippen LogP contribution in [0.4, 0.5) is 0 Å². The average Bonchev–Trinajstić information content (AvgIpc) is 3.18. The zero-order chi connectivity index (χ0) is 25.1. The van der Waals surface area contributed by atoms with Crippen molar-refractivity contribution in [2.24, 2.45) is 34.5 Å². The summed E-state index contributed by atoms with van der Waals surface area (Å²) in [6, 6.07) is 0. The Labute approximate surface area is 226 Å². The van der Waals surface area contributed by atoms with Crippen LogP contribution in [0.25, 0.3) is 0 Å². The van der Waals surface area contributed by atoms with E-state index in [1.54, 1.807) is 17.3 Å². The largest absolute Gasteiger partial charge is 0.286 e. The Balaban J connectivity index is 1.36. The van der Waals surface area contributed by atoms with Gasteiger partial charge in [-0.3, -0.25) is 4.79 Å². The highest BCUT2D eigenvalue weighted by atomic mass is 35.5. The maximum atomic E-state index is 12.6. The summed E-state index contributed by atoms with van der Waals surface area (Å²) >= 11 is 7.93. The quantitative estimate of drug-likeness (QED) is 0.153. The number of rotatable bonds is 11. The van der Waals surface area contributed by atoms with Crippen molar-refractivity contribution < 1.29 is 4.79 Å². The van der Waals surface area contributed by atoms with Crippen LogP contribution in [0.3, 0.4) is 0 Å². The van der Waals surface area contributed by atoms with Gasteiger partial charge in [-0.15, -0.1) is 11.6 Å². The summed E-state index contributed by atoms with van der Waals surface area (Å²) in [5, 5.41) is 0.358. The van der Waals surface area contributed by atoms with Crippen LogP contribution in [0.1, 0.15) is 137 Å². The van der Waals surface area contributed by atoms with Crippen molar-refractivity contribution in [1.29, 1.82) is 0 Å². The van der Waals surface area contributed by atoms with Crippen LogP contribution in [-0.2, 0) is 4.79 Å². The SMILES string of the molecule is CCCCCCCC[C@@H]1CC[C@@H]2[C@@H]3CC=C4C[C@@H](SC(=O)[C@H](Cl)CCC)CC[C@]4(C)[C@@H]3CC[C@]12C. The normalized spacial score (nSPS) is 39.3. The number of allylic oxidation sites excluding steroid dienone is 2. The van der Waals surface area contributed by atoms with E-state index >= 15 is 0 Å². The van der Waals surface area contributed by atoms with E-state index in [0.717, 1.165) is 42.9 Å². The summed E-state index contributed by atoms with van der Waals surface area (Å²) in [6.45, 7) is 9.72. The third-order valence-corrected chi connectivity index (χ3v) is 13.0. The number of hydrogen-bond donors (Lipinski definition) is 0. The van der Waals surface area contributed by atoms with Crippen LogP contribution < -0.4 is 0 Å². The van der Waals surface area contributed by atoms with Crippen molar-refractivity contribution in [3.8, 4) is 0 Å². The Morgan fingerprint density at radius 3 is 2.54 bits per heavy atom. The molecule has 3 saturated carbocycles.